The SMILES string of the molecule is O=P(O)(Cl)Oc1ccccc1Br. The van der Waals surface area contributed by atoms with Crippen molar-refractivity contribution in [3.05, 3.63) is 28.7 Å². The van der Waals surface area contributed by atoms with E-state index >= 15 is 0 Å². The molecule has 1 aromatic carbocycles. The molecule has 0 saturated heterocycles. The van der Waals surface area contributed by atoms with Crippen LogP contribution in [0.15, 0.2) is 28.7 Å². The second-order valence-corrected chi connectivity index (χ2v) is 5.19. The molecule has 1 rings (SSSR count). The molecule has 0 fully saturated rings. The van der Waals surface area contributed by atoms with Crippen LogP contribution in [0.25, 0.3) is 0 Å². The Bertz CT molecular complexity index is 324. The second kappa shape index (κ2) is 3.79. The van der Waals surface area contributed by atoms with E-state index in [9.17, 15) is 4.57 Å². The first-order chi connectivity index (χ1) is 5.49. The van der Waals surface area contributed by atoms with Gasteiger partial charge in [0.05, 0.1) is 4.47 Å². The molecular formula is C6H5BrClO3P. The number of halogens is 2. The summed E-state index contributed by atoms with van der Waals surface area (Å²) in [5.74, 6) is 0.248. The van der Waals surface area contributed by atoms with Gasteiger partial charge in [0.1, 0.15) is 5.75 Å². The Morgan fingerprint density at radius 1 is 1.50 bits per heavy atom. The van der Waals surface area contributed by atoms with Crippen molar-refractivity contribution in [3.63, 3.8) is 0 Å². The third-order valence-electron chi connectivity index (χ3n) is 1.05. The number of para-hydroxylation sites is 1. The van der Waals surface area contributed by atoms with Crippen LogP contribution in [0.4, 0.5) is 0 Å². The molecule has 1 N–H and O–H groups in total. The van der Waals surface area contributed by atoms with Crippen LogP contribution in [-0.2, 0) is 4.57 Å². The second-order valence-electron chi connectivity index (χ2n) is 1.97. The van der Waals surface area contributed by atoms with E-state index in [0.717, 1.165) is 0 Å². The van der Waals surface area contributed by atoms with E-state index in [-0.39, 0.29) is 5.75 Å². The van der Waals surface area contributed by atoms with Crippen molar-refractivity contribution in [2.45, 2.75) is 0 Å². The molecule has 0 spiro atoms. The van der Waals surface area contributed by atoms with Gasteiger partial charge in [-0.05, 0) is 28.1 Å². The van der Waals surface area contributed by atoms with Gasteiger partial charge in [0.25, 0.3) is 0 Å². The van der Waals surface area contributed by atoms with Crippen LogP contribution in [0, 0.1) is 0 Å². The highest BCUT2D eigenvalue weighted by Gasteiger charge is 2.16. The van der Waals surface area contributed by atoms with Gasteiger partial charge in [0.2, 0.25) is 0 Å². The third-order valence-corrected chi connectivity index (χ3v) is 2.33. The summed E-state index contributed by atoms with van der Waals surface area (Å²) in [6.45, 7) is -3.97. The van der Waals surface area contributed by atoms with Gasteiger partial charge in [0, 0.05) is 11.2 Å². The quantitative estimate of drug-likeness (QED) is 0.840. The number of hydrogen-bond acceptors (Lipinski definition) is 2. The minimum absolute atomic E-state index is 0.248. The van der Waals surface area contributed by atoms with Crippen LogP contribution in [-0.4, -0.2) is 4.89 Å². The molecule has 0 saturated carbocycles. The van der Waals surface area contributed by atoms with Crippen molar-refractivity contribution in [2.24, 2.45) is 0 Å². The maximum Gasteiger partial charge on any atom is 0.474 e. The minimum atomic E-state index is -3.97. The van der Waals surface area contributed by atoms with Gasteiger partial charge in [0.15, 0.2) is 0 Å². The van der Waals surface area contributed by atoms with Crippen molar-refractivity contribution in [1.82, 2.24) is 0 Å². The standard InChI is InChI=1S/C6H5BrClO3P/c7-5-3-1-2-4-6(5)11-12(8,9)10/h1-4H,(H,9,10). The zero-order valence-corrected chi connectivity index (χ0v) is 9.01. The van der Waals surface area contributed by atoms with E-state index in [2.05, 4.69) is 20.5 Å². The van der Waals surface area contributed by atoms with Crippen molar-refractivity contribution in [3.8, 4) is 5.75 Å². The minimum Gasteiger partial charge on any atom is -0.412 e. The topological polar surface area (TPSA) is 46.5 Å². The van der Waals surface area contributed by atoms with E-state index in [0.29, 0.717) is 4.47 Å². The summed E-state index contributed by atoms with van der Waals surface area (Å²) < 4.78 is 15.8. The Balaban J connectivity index is 2.90. The first kappa shape index (κ1) is 10.1. The Kier molecular flexibility index (Phi) is 3.18. The lowest BCUT2D eigenvalue weighted by Crippen LogP contribution is -1.85. The highest BCUT2D eigenvalue weighted by Crippen LogP contribution is 2.49. The maximum absolute atomic E-state index is 10.6. The Morgan fingerprint density at radius 3 is 2.58 bits per heavy atom. The molecular weight excluding hydrogens is 266 g/mol. The average molecular weight is 271 g/mol. The van der Waals surface area contributed by atoms with E-state index in [1.165, 1.54) is 6.07 Å². The molecule has 0 heterocycles. The summed E-state index contributed by atoms with van der Waals surface area (Å²) in [6, 6.07) is 6.65. The van der Waals surface area contributed by atoms with E-state index in [4.69, 9.17) is 16.1 Å². The lowest BCUT2D eigenvalue weighted by atomic mass is 10.3. The van der Waals surface area contributed by atoms with Gasteiger partial charge < -0.3 is 9.42 Å². The molecule has 0 aliphatic rings. The molecule has 6 heteroatoms. The van der Waals surface area contributed by atoms with Gasteiger partial charge in [-0.3, -0.25) is 0 Å². The first-order valence-electron chi connectivity index (χ1n) is 2.95. The predicted octanol–water partition coefficient (Wildman–Crippen LogP) is 3.17. The zero-order chi connectivity index (χ0) is 9.19. The summed E-state index contributed by atoms with van der Waals surface area (Å²) in [5, 5.41) is 0. The van der Waals surface area contributed by atoms with Crippen molar-refractivity contribution in [1.29, 1.82) is 0 Å². The first-order valence-corrected chi connectivity index (χ1v) is 6.23. The highest BCUT2D eigenvalue weighted by atomic mass is 79.9. The number of benzene rings is 1. The van der Waals surface area contributed by atoms with Crippen molar-refractivity contribution in [2.75, 3.05) is 0 Å². The Labute approximate surface area is 82.8 Å². The summed E-state index contributed by atoms with van der Waals surface area (Å²) in [6.07, 6.45) is 0. The summed E-state index contributed by atoms with van der Waals surface area (Å²) in [5.41, 5.74) is 0. The van der Waals surface area contributed by atoms with Crippen LogP contribution in [0.5, 0.6) is 5.75 Å². The monoisotopic (exact) mass is 270 g/mol. The molecule has 1 atom stereocenters. The zero-order valence-electron chi connectivity index (χ0n) is 5.78. The summed E-state index contributed by atoms with van der Waals surface area (Å²) >= 11 is 8.14. The Hall–Kier alpha value is -0.0200. The number of hydrogen-bond donors (Lipinski definition) is 1. The van der Waals surface area contributed by atoms with Gasteiger partial charge in [-0.2, -0.15) is 0 Å². The van der Waals surface area contributed by atoms with Crippen LogP contribution < -0.4 is 4.52 Å². The average Bonchev–Trinajstić information content (AvgIpc) is 1.91. The number of rotatable bonds is 2. The van der Waals surface area contributed by atoms with Gasteiger partial charge in [-0.25, -0.2) is 4.57 Å². The molecule has 0 aliphatic carbocycles. The van der Waals surface area contributed by atoms with Crippen molar-refractivity contribution < 1.29 is 14.0 Å². The van der Waals surface area contributed by atoms with E-state index in [1.54, 1.807) is 18.2 Å². The molecule has 12 heavy (non-hydrogen) atoms. The smallest absolute Gasteiger partial charge is 0.412 e. The van der Waals surface area contributed by atoms with E-state index < -0.39 is 6.95 Å². The van der Waals surface area contributed by atoms with Crippen LogP contribution in [0.1, 0.15) is 0 Å². The molecule has 0 radical (unpaired) electrons. The third kappa shape index (κ3) is 3.15. The molecule has 0 bridgehead atoms. The summed E-state index contributed by atoms with van der Waals surface area (Å²) in [7, 11) is 0. The van der Waals surface area contributed by atoms with Crippen LogP contribution in [0.3, 0.4) is 0 Å². The molecule has 1 unspecified atom stereocenters. The fourth-order valence-electron chi connectivity index (χ4n) is 0.640. The highest BCUT2D eigenvalue weighted by molar-refractivity contribution is 9.10. The van der Waals surface area contributed by atoms with Crippen molar-refractivity contribution >= 4 is 34.1 Å². The lowest BCUT2D eigenvalue weighted by molar-refractivity contribution is 0.400. The van der Waals surface area contributed by atoms with Gasteiger partial charge in [-0.1, -0.05) is 12.1 Å². The van der Waals surface area contributed by atoms with Crippen LogP contribution in [0.2, 0.25) is 0 Å². The fraction of sp³-hybridized carbons (Fsp3) is 0. The normalized spacial score (nSPS) is 15.2. The van der Waals surface area contributed by atoms with Crippen LogP contribution >= 0.6 is 34.1 Å². The molecule has 3 nitrogen and oxygen atoms in total. The predicted molar refractivity (Wildman–Crippen MR) is 50.4 cm³/mol. The van der Waals surface area contributed by atoms with Gasteiger partial charge in [-0.15, -0.1) is 0 Å². The maximum atomic E-state index is 10.6. The molecule has 66 valence electrons. The fourth-order valence-corrected chi connectivity index (χ4v) is 1.76. The molecule has 0 aliphatic heterocycles. The largest absolute Gasteiger partial charge is 0.474 e. The van der Waals surface area contributed by atoms with Gasteiger partial charge >= 0.3 is 6.95 Å². The molecule has 1 aromatic rings. The molecule has 0 aromatic heterocycles. The lowest BCUT2D eigenvalue weighted by Gasteiger charge is -2.06. The molecule has 0 amide bonds. The Morgan fingerprint density at radius 2 is 2.08 bits per heavy atom. The van der Waals surface area contributed by atoms with E-state index in [1.807, 2.05) is 0 Å². The summed E-state index contributed by atoms with van der Waals surface area (Å²) in [4.78, 5) is 8.67.